The second-order valence-corrected chi connectivity index (χ2v) is 11.5. The van der Waals surface area contributed by atoms with Crippen LogP contribution in [0.5, 0.6) is 0 Å². The number of nitrogens with one attached hydrogen (secondary N) is 1. The first-order valence-electron chi connectivity index (χ1n) is 13.8. The average molecular weight is 591 g/mol. The lowest BCUT2D eigenvalue weighted by molar-refractivity contribution is -0.160. The molecule has 3 aromatic carbocycles. The van der Waals surface area contributed by atoms with Crippen LogP contribution < -0.4 is 5.32 Å². The van der Waals surface area contributed by atoms with Crippen LogP contribution in [0.1, 0.15) is 60.3 Å². The molecule has 4 aliphatic rings. The van der Waals surface area contributed by atoms with Gasteiger partial charge < -0.3 is 10.1 Å². The van der Waals surface area contributed by atoms with Gasteiger partial charge in [-0.05, 0) is 40.8 Å². The molecular weight excluding hydrogens is 563 g/mol. The first kappa shape index (κ1) is 27.5. The number of hydrogen-bond acceptors (Lipinski definition) is 5. The third-order valence-corrected chi connectivity index (χ3v) is 9.29. The molecular formula is C32H28Cl2N2O5. The summed E-state index contributed by atoms with van der Waals surface area (Å²) in [6.45, 7) is 1.36. The Bertz CT molecular complexity index is 1460. The summed E-state index contributed by atoms with van der Waals surface area (Å²) >= 11 is 12.2. The van der Waals surface area contributed by atoms with E-state index in [-0.39, 0.29) is 45.8 Å². The molecule has 1 saturated heterocycles. The first-order valence-corrected chi connectivity index (χ1v) is 14.5. The van der Waals surface area contributed by atoms with Crippen LogP contribution in [-0.2, 0) is 23.9 Å². The fourth-order valence-corrected chi connectivity index (χ4v) is 7.12. The van der Waals surface area contributed by atoms with Gasteiger partial charge in [-0.15, -0.1) is 0 Å². The maximum atomic E-state index is 14.1. The quantitative estimate of drug-likeness (QED) is 0.259. The summed E-state index contributed by atoms with van der Waals surface area (Å²) < 4.78 is 5.39. The Hall–Kier alpha value is -3.68. The zero-order valence-corrected chi connectivity index (χ0v) is 23.8. The van der Waals surface area contributed by atoms with Gasteiger partial charge in [0.2, 0.25) is 11.8 Å². The van der Waals surface area contributed by atoms with Crippen molar-refractivity contribution in [1.82, 2.24) is 4.90 Å². The van der Waals surface area contributed by atoms with Crippen molar-refractivity contribution in [3.05, 3.63) is 99.0 Å². The molecule has 210 valence electrons. The molecule has 0 saturated carbocycles. The number of hydrogen-bond donors (Lipinski definition) is 1. The van der Waals surface area contributed by atoms with E-state index < -0.39 is 36.4 Å². The topological polar surface area (TPSA) is 92.8 Å². The van der Waals surface area contributed by atoms with Gasteiger partial charge in [-0.25, -0.2) is 4.79 Å². The van der Waals surface area contributed by atoms with E-state index in [1.807, 2.05) is 55.5 Å². The smallest absolute Gasteiger partial charge is 0.329 e. The molecule has 3 aliphatic carbocycles. The number of imide groups is 1. The second kappa shape index (κ2) is 11.0. The lowest BCUT2D eigenvalue weighted by Crippen LogP contribution is -2.47. The second-order valence-electron chi connectivity index (χ2n) is 10.7. The predicted molar refractivity (Wildman–Crippen MR) is 155 cm³/mol. The number of rotatable bonds is 8. The molecule has 9 heteroatoms. The minimum absolute atomic E-state index is 0.169. The van der Waals surface area contributed by atoms with Crippen molar-refractivity contribution in [3.8, 4) is 0 Å². The molecule has 1 fully saturated rings. The van der Waals surface area contributed by atoms with E-state index in [9.17, 15) is 19.2 Å². The van der Waals surface area contributed by atoms with Gasteiger partial charge in [-0.1, -0.05) is 97.6 Å². The van der Waals surface area contributed by atoms with Gasteiger partial charge in [0.25, 0.3) is 5.91 Å². The van der Waals surface area contributed by atoms with Crippen molar-refractivity contribution in [3.63, 3.8) is 0 Å². The minimum Gasteiger partial charge on any atom is -0.454 e. The average Bonchev–Trinajstić information content (AvgIpc) is 3.24. The number of anilines is 1. The maximum Gasteiger partial charge on any atom is 0.329 e. The first-order chi connectivity index (χ1) is 19.8. The lowest BCUT2D eigenvalue weighted by atomic mass is 9.55. The normalized spacial score (nSPS) is 22.6. The van der Waals surface area contributed by atoms with Crippen molar-refractivity contribution >= 4 is 52.6 Å². The number of unbranched alkanes of at least 4 members (excludes halogenated alkanes) is 1. The van der Waals surface area contributed by atoms with Crippen LogP contribution >= 0.6 is 23.2 Å². The van der Waals surface area contributed by atoms with Crippen LogP contribution in [0, 0.1) is 11.8 Å². The number of halogens is 2. The van der Waals surface area contributed by atoms with Crippen LogP contribution in [0.2, 0.25) is 10.0 Å². The van der Waals surface area contributed by atoms with Gasteiger partial charge >= 0.3 is 5.97 Å². The van der Waals surface area contributed by atoms with Gasteiger partial charge in [-0.3, -0.25) is 19.3 Å². The number of likely N-dealkylation sites (tertiary alicyclic amines) is 1. The molecule has 41 heavy (non-hydrogen) atoms. The van der Waals surface area contributed by atoms with Crippen LogP contribution in [0.3, 0.4) is 0 Å². The van der Waals surface area contributed by atoms with E-state index in [4.69, 9.17) is 27.9 Å². The standard InChI is InChI=1S/C32H28Cl2N2O5/c1-2-3-15-23(32(40)41-16-24(37)35-22-14-8-13-21(33)29(22)34)36-30(38)27-25-17-9-4-5-10-18(17)26(28(27)31(36)39)20-12-7-6-11-19(20)25/h4-14,23,25-28H,2-3,15-16H2,1H3,(H,35,37)/t23-,25?,26?,27+,28+/m1/s1. The number of nitrogens with zero attached hydrogens (tertiary/aromatic N) is 1. The Kier molecular flexibility index (Phi) is 7.34. The highest BCUT2D eigenvalue weighted by atomic mass is 35.5. The van der Waals surface area contributed by atoms with E-state index in [1.165, 1.54) is 0 Å². The lowest BCUT2D eigenvalue weighted by Gasteiger charge is -2.45. The third-order valence-electron chi connectivity index (χ3n) is 8.47. The predicted octanol–water partition coefficient (Wildman–Crippen LogP) is 5.93. The maximum absolute atomic E-state index is 14.1. The van der Waals surface area contributed by atoms with Gasteiger partial charge in [0, 0.05) is 11.8 Å². The van der Waals surface area contributed by atoms with Crippen LogP contribution in [0.4, 0.5) is 5.69 Å². The molecule has 1 heterocycles. The Balaban J connectivity index is 1.26. The van der Waals surface area contributed by atoms with Crippen molar-refractivity contribution in [2.45, 2.75) is 44.1 Å². The van der Waals surface area contributed by atoms with Gasteiger partial charge in [0.1, 0.15) is 6.04 Å². The summed E-state index contributed by atoms with van der Waals surface area (Å²) in [4.78, 5) is 55.4. The van der Waals surface area contributed by atoms with Crippen LogP contribution in [0.25, 0.3) is 0 Å². The molecule has 0 unspecified atom stereocenters. The van der Waals surface area contributed by atoms with Gasteiger partial charge in [-0.2, -0.15) is 0 Å². The fourth-order valence-electron chi connectivity index (χ4n) is 6.78. The summed E-state index contributed by atoms with van der Waals surface area (Å²) in [6.07, 6.45) is 1.61. The molecule has 3 aromatic rings. The SMILES string of the molecule is CCCC[C@H](C(=O)OCC(=O)Nc1cccc(Cl)c1Cl)N1C(=O)[C@H]2C3c4ccccc4C(c4ccccc43)[C@@H]2C1=O. The molecule has 7 nitrogen and oxygen atoms in total. The summed E-state index contributed by atoms with van der Waals surface area (Å²) in [5.41, 5.74) is 4.52. The third kappa shape index (κ3) is 4.52. The van der Waals surface area contributed by atoms with E-state index in [0.717, 1.165) is 33.6 Å². The Morgan fingerprint density at radius 3 is 1.90 bits per heavy atom. The molecule has 2 bridgehead atoms. The summed E-state index contributed by atoms with van der Waals surface area (Å²) in [5, 5.41) is 3.02. The summed E-state index contributed by atoms with van der Waals surface area (Å²) in [5.74, 6) is -3.84. The number of esters is 1. The minimum atomic E-state index is -1.12. The number of carbonyl (C=O) groups excluding carboxylic acids is 4. The van der Waals surface area contributed by atoms with Gasteiger partial charge in [0.05, 0.1) is 27.6 Å². The summed E-state index contributed by atoms with van der Waals surface area (Å²) in [6, 6.07) is 19.6. The molecule has 0 radical (unpaired) electrons. The molecule has 1 N–H and O–H groups in total. The Labute approximate surface area is 247 Å². The Morgan fingerprint density at radius 1 is 0.854 bits per heavy atom. The monoisotopic (exact) mass is 590 g/mol. The zero-order valence-electron chi connectivity index (χ0n) is 22.3. The highest BCUT2D eigenvalue weighted by Gasteiger charge is 2.63. The van der Waals surface area contributed by atoms with E-state index in [2.05, 4.69) is 5.32 Å². The van der Waals surface area contributed by atoms with E-state index in [1.54, 1.807) is 18.2 Å². The van der Waals surface area contributed by atoms with Crippen molar-refractivity contribution in [2.75, 3.05) is 11.9 Å². The van der Waals surface area contributed by atoms with Crippen molar-refractivity contribution in [1.29, 1.82) is 0 Å². The molecule has 3 atom stereocenters. The summed E-state index contributed by atoms with van der Waals surface area (Å²) in [7, 11) is 0. The van der Waals surface area contributed by atoms with Gasteiger partial charge in [0.15, 0.2) is 6.61 Å². The highest BCUT2D eigenvalue weighted by molar-refractivity contribution is 6.44. The number of benzene rings is 3. The molecule has 7 rings (SSSR count). The Morgan fingerprint density at radius 2 is 1.39 bits per heavy atom. The van der Waals surface area contributed by atoms with Crippen molar-refractivity contribution in [2.24, 2.45) is 11.8 Å². The number of ether oxygens (including phenoxy) is 1. The van der Waals surface area contributed by atoms with Crippen LogP contribution in [0.15, 0.2) is 66.7 Å². The number of amides is 3. The molecule has 0 aromatic heterocycles. The van der Waals surface area contributed by atoms with Crippen molar-refractivity contribution < 1.29 is 23.9 Å². The molecule has 0 spiro atoms. The largest absolute Gasteiger partial charge is 0.454 e. The van der Waals surface area contributed by atoms with E-state index in [0.29, 0.717) is 6.42 Å². The van der Waals surface area contributed by atoms with E-state index >= 15 is 0 Å². The molecule has 3 amide bonds. The fraction of sp³-hybridized carbons (Fsp3) is 0.312. The van der Waals surface area contributed by atoms with Crippen LogP contribution in [-0.4, -0.2) is 41.2 Å². The number of carbonyl (C=O) groups is 4. The zero-order chi connectivity index (χ0) is 28.8. The highest BCUT2D eigenvalue weighted by Crippen LogP contribution is 2.61. The molecule has 1 aliphatic heterocycles.